The van der Waals surface area contributed by atoms with Gasteiger partial charge in [0.15, 0.2) is 0 Å². The molecule has 6 rings (SSSR count). The summed E-state index contributed by atoms with van der Waals surface area (Å²) in [7, 11) is 0. The molecule has 0 bridgehead atoms. The number of aromatic amines is 2. The molecule has 4 atom stereocenters. The van der Waals surface area contributed by atoms with Crippen molar-refractivity contribution in [2.45, 2.75) is 97.3 Å². The van der Waals surface area contributed by atoms with Crippen molar-refractivity contribution in [2.24, 2.45) is 5.92 Å². The number of benzene rings is 2. The average Bonchev–Trinajstić information content (AvgIpc) is 3.99. The molecule has 3 amide bonds. The SMILES string of the molecule is CCCN(CCC)C(C)C(=O)N1CCC[C@H]1c1ncc(-c2ccc(-c3ccc(-c4cnc([C@@H]5CCCN5C(=O)[C@@H](NC(=O)O)C(C)C)[nH]4)cc3)cc2)[nH]1. The zero-order chi connectivity index (χ0) is 37.6. The van der Waals surface area contributed by atoms with Crippen LogP contribution in [0.15, 0.2) is 60.9 Å². The Labute approximate surface area is 312 Å². The summed E-state index contributed by atoms with van der Waals surface area (Å²) in [6.45, 7) is 13.2. The maximum absolute atomic E-state index is 13.6. The average molecular weight is 723 g/mol. The monoisotopic (exact) mass is 722 g/mol. The molecule has 4 N–H and O–H groups in total. The van der Waals surface area contributed by atoms with Gasteiger partial charge < -0.3 is 30.2 Å². The van der Waals surface area contributed by atoms with Crippen LogP contribution in [-0.4, -0.2) is 95.9 Å². The van der Waals surface area contributed by atoms with Crippen molar-refractivity contribution >= 4 is 17.9 Å². The molecule has 12 nitrogen and oxygen atoms in total. The fourth-order valence-corrected chi connectivity index (χ4v) is 7.91. The largest absolute Gasteiger partial charge is 0.465 e. The number of nitrogens with one attached hydrogen (secondary N) is 3. The lowest BCUT2D eigenvalue weighted by Gasteiger charge is -2.33. The Hall–Kier alpha value is -4.97. The minimum absolute atomic E-state index is 0.0366. The Bertz CT molecular complexity index is 1840. The number of amides is 3. The lowest BCUT2D eigenvalue weighted by molar-refractivity contribution is -0.137. The summed E-state index contributed by atoms with van der Waals surface area (Å²) in [6, 6.07) is 15.5. The highest BCUT2D eigenvalue weighted by atomic mass is 16.4. The Kier molecular flexibility index (Phi) is 12.0. The van der Waals surface area contributed by atoms with Crippen molar-refractivity contribution in [1.29, 1.82) is 0 Å². The van der Waals surface area contributed by atoms with Crippen molar-refractivity contribution in [3.8, 4) is 33.6 Å². The summed E-state index contributed by atoms with van der Waals surface area (Å²) in [5.41, 5.74) is 5.98. The molecule has 0 radical (unpaired) electrons. The van der Waals surface area contributed by atoms with Gasteiger partial charge in [-0.25, -0.2) is 14.8 Å². The van der Waals surface area contributed by atoms with Crippen LogP contribution in [0.2, 0.25) is 0 Å². The van der Waals surface area contributed by atoms with Crippen molar-refractivity contribution in [1.82, 2.24) is 40.0 Å². The zero-order valence-corrected chi connectivity index (χ0v) is 31.6. The first-order valence-electron chi connectivity index (χ1n) is 19.2. The second-order valence-electron chi connectivity index (χ2n) is 14.8. The summed E-state index contributed by atoms with van der Waals surface area (Å²) in [5.74, 6) is 1.35. The molecule has 53 heavy (non-hydrogen) atoms. The molecule has 282 valence electrons. The van der Waals surface area contributed by atoms with Gasteiger partial charge >= 0.3 is 6.09 Å². The second kappa shape index (κ2) is 16.8. The number of nitrogens with zero attached hydrogens (tertiary/aromatic N) is 5. The van der Waals surface area contributed by atoms with Crippen LogP contribution >= 0.6 is 0 Å². The van der Waals surface area contributed by atoms with Gasteiger partial charge in [-0.2, -0.15) is 0 Å². The minimum atomic E-state index is -1.20. The smallest absolute Gasteiger partial charge is 0.405 e. The van der Waals surface area contributed by atoms with Crippen molar-refractivity contribution in [2.75, 3.05) is 26.2 Å². The Balaban J connectivity index is 1.10. The molecule has 1 unspecified atom stereocenters. The summed E-state index contributed by atoms with van der Waals surface area (Å²) in [5, 5.41) is 11.7. The van der Waals surface area contributed by atoms with Crippen LogP contribution < -0.4 is 5.32 Å². The number of carboxylic acid groups (broad SMARTS) is 1. The summed E-state index contributed by atoms with van der Waals surface area (Å²) >= 11 is 0. The molecule has 4 aromatic rings. The first-order chi connectivity index (χ1) is 25.6. The van der Waals surface area contributed by atoms with E-state index in [1.165, 1.54) is 0 Å². The van der Waals surface area contributed by atoms with Gasteiger partial charge in [0, 0.05) is 13.1 Å². The third-order valence-electron chi connectivity index (χ3n) is 10.8. The fourth-order valence-electron chi connectivity index (χ4n) is 7.91. The molecule has 2 aliphatic rings. The van der Waals surface area contributed by atoms with Gasteiger partial charge in [-0.15, -0.1) is 0 Å². The topological polar surface area (TPSA) is 151 Å². The van der Waals surface area contributed by atoms with E-state index in [4.69, 9.17) is 4.98 Å². The highest BCUT2D eigenvalue weighted by Gasteiger charge is 2.38. The van der Waals surface area contributed by atoms with Gasteiger partial charge in [-0.1, -0.05) is 76.2 Å². The number of H-pyrrole nitrogens is 2. The summed E-state index contributed by atoms with van der Waals surface area (Å²) in [4.78, 5) is 60.8. The molecular formula is C41H54N8O4. The van der Waals surface area contributed by atoms with Gasteiger partial charge in [-0.05, 0) is 86.7 Å². The van der Waals surface area contributed by atoms with E-state index in [0.717, 1.165) is 97.6 Å². The van der Waals surface area contributed by atoms with E-state index in [1.807, 2.05) is 31.9 Å². The molecule has 12 heteroatoms. The quantitative estimate of drug-likeness (QED) is 0.107. The maximum atomic E-state index is 13.6. The molecule has 2 aromatic carbocycles. The Morgan fingerprint density at radius 1 is 0.755 bits per heavy atom. The van der Waals surface area contributed by atoms with Crippen LogP contribution in [0.3, 0.4) is 0 Å². The van der Waals surface area contributed by atoms with Crippen LogP contribution in [0.4, 0.5) is 4.79 Å². The van der Waals surface area contributed by atoms with E-state index in [2.05, 4.69) is 87.5 Å². The number of hydrogen-bond acceptors (Lipinski definition) is 6. The van der Waals surface area contributed by atoms with Crippen molar-refractivity contribution in [3.05, 3.63) is 72.6 Å². The standard InChI is InChI=1S/C41H54N8O4/c1-6-20-47(21-7-2)27(5)39(50)48-22-8-10-34(48)37-42-24-32(44-37)30-16-12-28(13-17-30)29-14-18-31(19-15-29)33-25-43-38(45-33)35-11-9-23-49(35)40(51)36(26(3)4)46-41(52)53/h12-19,24-27,34-36,46H,6-11,20-23H2,1-5H3,(H,42,44)(H,43,45)(H,52,53)/t27?,34-,35-,36-/m0/s1. The fraction of sp³-hybridized carbons (Fsp3) is 0.488. The number of imidazole rings is 2. The van der Waals surface area contributed by atoms with E-state index in [1.54, 1.807) is 11.1 Å². The van der Waals surface area contributed by atoms with Crippen LogP contribution in [-0.2, 0) is 9.59 Å². The van der Waals surface area contributed by atoms with Gasteiger partial charge in [0.25, 0.3) is 0 Å². The molecule has 0 saturated carbocycles. The Morgan fingerprint density at radius 3 is 1.60 bits per heavy atom. The molecular weight excluding hydrogens is 669 g/mol. The number of hydrogen-bond donors (Lipinski definition) is 4. The minimum Gasteiger partial charge on any atom is -0.465 e. The third kappa shape index (κ3) is 8.32. The third-order valence-corrected chi connectivity index (χ3v) is 10.8. The normalized spacial score (nSPS) is 18.5. The molecule has 2 fully saturated rings. The number of rotatable bonds is 14. The summed E-state index contributed by atoms with van der Waals surface area (Å²) in [6.07, 6.45) is 8.00. The zero-order valence-electron chi connectivity index (χ0n) is 31.6. The van der Waals surface area contributed by atoms with E-state index >= 15 is 0 Å². The number of aromatic nitrogens is 4. The van der Waals surface area contributed by atoms with E-state index < -0.39 is 12.1 Å². The van der Waals surface area contributed by atoms with Crippen LogP contribution in [0, 0.1) is 5.92 Å². The molecule has 2 saturated heterocycles. The molecule has 4 heterocycles. The predicted octanol–water partition coefficient (Wildman–Crippen LogP) is 7.26. The highest BCUT2D eigenvalue weighted by Crippen LogP contribution is 2.35. The lowest BCUT2D eigenvalue weighted by atomic mass is 10.0. The first-order valence-corrected chi connectivity index (χ1v) is 19.2. The number of carbonyl (C=O) groups excluding carboxylic acids is 2. The predicted molar refractivity (Wildman–Crippen MR) is 206 cm³/mol. The highest BCUT2D eigenvalue weighted by molar-refractivity contribution is 5.86. The van der Waals surface area contributed by atoms with Gasteiger partial charge in [0.05, 0.1) is 41.9 Å². The maximum Gasteiger partial charge on any atom is 0.405 e. The van der Waals surface area contributed by atoms with Gasteiger partial charge in [0.2, 0.25) is 11.8 Å². The molecule has 0 aliphatic carbocycles. The molecule has 2 aliphatic heterocycles. The van der Waals surface area contributed by atoms with Crippen molar-refractivity contribution in [3.63, 3.8) is 0 Å². The van der Waals surface area contributed by atoms with Crippen LogP contribution in [0.1, 0.15) is 96.9 Å². The van der Waals surface area contributed by atoms with E-state index in [-0.39, 0.29) is 35.9 Å². The van der Waals surface area contributed by atoms with E-state index in [9.17, 15) is 19.5 Å². The molecule has 0 spiro atoms. The van der Waals surface area contributed by atoms with Crippen LogP contribution in [0.25, 0.3) is 33.6 Å². The number of likely N-dealkylation sites (tertiary alicyclic amines) is 2. The first kappa shape index (κ1) is 37.8. The van der Waals surface area contributed by atoms with Crippen LogP contribution in [0.5, 0.6) is 0 Å². The van der Waals surface area contributed by atoms with Crippen molar-refractivity contribution < 1.29 is 19.5 Å². The summed E-state index contributed by atoms with van der Waals surface area (Å²) < 4.78 is 0. The number of carbonyl (C=O) groups is 3. The van der Waals surface area contributed by atoms with Gasteiger partial charge in [0.1, 0.15) is 17.7 Å². The second-order valence-corrected chi connectivity index (χ2v) is 14.8. The molecule has 2 aromatic heterocycles. The lowest BCUT2D eigenvalue weighted by Crippen LogP contribution is -2.50. The Morgan fingerprint density at radius 2 is 1.19 bits per heavy atom. The van der Waals surface area contributed by atoms with Gasteiger partial charge in [-0.3, -0.25) is 14.5 Å². The van der Waals surface area contributed by atoms with E-state index in [0.29, 0.717) is 12.4 Å².